The Kier molecular flexibility index (Phi) is 6.94. The van der Waals surface area contributed by atoms with Crippen LogP contribution in [0.3, 0.4) is 0 Å². The van der Waals surface area contributed by atoms with Gasteiger partial charge in [-0.1, -0.05) is 29.8 Å². The molecule has 1 aromatic rings. The average molecular weight is 396 g/mol. The van der Waals surface area contributed by atoms with Crippen LogP contribution in [-0.4, -0.2) is 53.7 Å². The molecule has 4 nitrogen and oxygen atoms in total. The highest BCUT2D eigenvalue weighted by molar-refractivity contribution is 9.10. The third-order valence-electron chi connectivity index (χ3n) is 4.00. The second kappa shape index (κ2) is 8.72. The van der Waals surface area contributed by atoms with E-state index in [1.807, 2.05) is 29.2 Å². The summed E-state index contributed by atoms with van der Waals surface area (Å²) in [5.74, 6) is 0.957. The van der Waals surface area contributed by atoms with E-state index in [9.17, 15) is 10.1 Å². The van der Waals surface area contributed by atoms with Gasteiger partial charge >= 0.3 is 0 Å². The molecule has 0 aliphatic carbocycles. The zero-order valence-electron chi connectivity index (χ0n) is 13.5. The minimum absolute atomic E-state index is 0.0515. The number of piperazine rings is 1. The molecule has 0 bridgehead atoms. The normalized spacial score (nSPS) is 17.1. The molecule has 1 saturated heterocycles. The Morgan fingerprint density at radius 3 is 2.39 bits per heavy atom. The van der Waals surface area contributed by atoms with Gasteiger partial charge < -0.3 is 4.90 Å². The largest absolute Gasteiger partial charge is 0.339 e. The van der Waals surface area contributed by atoms with E-state index < -0.39 is 0 Å². The van der Waals surface area contributed by atoms with Crippen LogP contribution in [-0.2, 0) is 4.79 Å². The second-order valence-electron chi connectivity index (χ2n) is 5.98. The van der Waals surface area contributed by atoms with Gasteiger partial charge in [0.25, 0.3) is 0 Å². The lowest BCUT2D eigenvalue weighted by molar-refractivity contribution is -0.130. The van der Waals surface area contributed by atoms with E-state index in [0.29, 0.717) is 24.8 Å². The highest BCUT2D eigenvalue weighted by atomic mass is 79.9. The number of amides is 1. The van der Waals surface area contributed by atoms with E-state index in [4.69, 9.17) is 0 Å². The molecule has 0 radical (unpaired) electrons. The number of rotatable bonds is 5. The molecule has 0 N–H and O–H groups in total. The lowest BCUT2D eigenvalue weighted by Crippen LogP contribution is -2.53. The second-order valence-corrected chi connectivity index (χ2v) is 7.94. The molecule has 1 heterocycles. The first kappa shape index (κ1) is 18.3. The molecule has 23 heavy (non-hydrogen) atoms. The summed E-state index contributed by atoms with van der Waals surface area (Å²) in [5.41, 5.74) is 0. The number of carbonyl (C=O) groups excluding carboxylic acids is 1. The Bertz CT molecular complexity index is 562. The zero-order chi connectivity index (χ0) is 16.8. The number of hydrogen-bond donors (Lipinski definition) is 0. The topological polar surface area (TPSA) is 47.3 Å². The Morgan fingerprint density at radius 2 is 1.87 bits per heavy atom. The maximum Gasteiger partial charge on any atom is 0.233 e. The molecule has 2 rings (SSSR count). The minimum atomic E-state index is -0.0515. The lowest BCUT2D eigenvalue weighted by atomic mass is 10.0. The van der Waals surface area contributed by atoms with Gasteiger partial charge in [-0.3, -0.25) is 9.69 Å². The van der Waals surface area contributed by atoms with Crippen LogP contribution in [0.1, 0.15) is 13.8 Å². The summed E-state index contributed by atoms with van der Waals surface area (Å²) in [4.78, 5) is 17.5. The molecule has 0 spiro atoms. The lowest BCUT2D eigenvalue weighted by Gasteiger charge is -2.38. The van der Waals surface area contributed by atoms with Gasteiger partial charge in [0, 0.05) is 35.5 Å². The van der Waals surface area contributed by atoms with E-state index in [1.54, 1.807) is 11.8 Å². The van der Waals surface area contributed by atoms with E-state index in [-0.39, 0.29) is 11.9 Å². The van der Waals surface area contributed by atoms with Crippen molar-refractivity contribution in [2.75, 3.05) is 31.9 Å². The van der Waals surface area contributed by atoms with Crippen LogP contribution in [0.4, 0.5) is 0 Å². The zero-order valence-corrected chi connectivity index (χ0v) is 15.9. The molecule has 1 atom stereocenters. The highest BCUT2D eigenvalue weighted by Crippen LogP contribution is 2.21. The first-order chi connectivity index (χ1) is 11.0. The van der Waals surface area contributed by atoms with Crippen molar-refractivity contribution in [3.63, 3.8) is 0 Å². The molecule has 1 aliphatic rings. The van der Waals surface area contributed by atoms with Crippen molar-refractivity contribution in [3.05, 3.63) is 28.7 Å². The number of thioether (sulfide) groups is 1. The monoisotopic (exact) mass is 395 g/mol. The number of benzene rings is 1. The molecule has 124 valence electrons. The van der Waals surface area contributed by atoms with Gasteiger partial charge in [0.1, 0.15) is 6.04 Å². The fourth-order valence-electron chi connectivity index (χ4n) is 2.67. The first-order valence-electron chi connectivity index (χ1n) is 7.81. The summed E-state index contributed by atoms with van der Waals surface area (Å²) in [7, 11) is 0. The van der Waals surface area contributed by atoms with Crippen molar-refractivity contribution < 1.29 is 4.79 Å². The van der Waals surface area contributed by atoms with Gasteiger partial charge in [-0.25, -0.2) is 0 Å². The summed E-state index contributed by atoms with van der Waals surface area (Å²) < 4.78 is 1.04. The van der Waals surface area contributed by atoms with Crippen molar-refractivity contribution in [1.82, 2.24) is 9.80 Å². The summed E-state index contributed by atoms with van der Waals surface area (Å²) in [6, 6.07) is 10.3. The molecule has 1 fully saturated rings. The van der Waals surface area contributed by atoms with Crippen LogP contribution in [0, 0.1) is 17.2 Å². The Balaban J connectivity index is 1.79. The van der Waals surface area contributed by atoms with Crippen molar-refractivity contribution in [2.45, 2.75) is 24.8 Å². The standard InChI is InChI=1S/C17H22BrN3OS/c1-13(2)16(11-19)20-7-9-21(10-8-20)17(22)12-23-15-5-3-14(18)4-6-15/h3-6,13,16H,7-10,12H2,1-2H3/t16-/m1/s1. The summed E-state index contributed by atoms with van der Waals surface area (Å²) in [6.07, 6.45) is 0. The molecular formula is C17H22BrN3OS. The number of hydrogen-bond acceptors (Lipinski definition) is 4. The maximum atomic E-state index is 12.3. The van der Waals surface area contributed by atoms with Crippen LogP contribution in [0.2, 0.25) is 0 Å². The van der Waals surface area contributed by atoms with Gasteiger partial charge in [0.05, 0.1) is 11.8 Å². The summed E-state index contributed by atoms with van der Waals surface area (Å²) >= 11 is 4.98. The van der Waals surface area contributed by atoms with Crippen LogP contribution >= 0.6 is 27.7 Å². The first-order valence-corrected chi connectivity index (χ1v) is 9.59. The van der Waals surface area contributed by atoms with Crippen LogP contribution < -0.4 is 0 Å². The number of nitrogens with zero attached hydrogens (tertiary/aromatic N) is 3. The van der Waals surface area contributed by atoms with Gasteiger partial charge in [0.2, 0.25) is 5.91 Å². The molecule has 1 amide bonds. The molecule has 6 heteroatoms. The molecule has 1 aromatic carbocycles. The van der Waals surface area contributed by atoms with Crippen molar-refractivity contribution in [3.8, 4) is 6.07 Å². The minimum Gasteiger partial charge on any atom is -0.339 e. The predicted octanol–water partition coefficient (Wildman–Crippen LogP) is 3.23. The number of carbonyl (C=O) groups is 1. The highest BCUT2D eigenvalue weighted by Gasteiger charge is 2.27. The van der Waals surface area contributed by atoms with Gasteiger partial charge in [0.15, 0.2) is 0 Å². The Labute approximate surface area is 151 Å². The number of nitriles is 1. The maximum absolute atomic E-state index is 12.3. The quantitative estimate of drug-likeness (QED) is 0.717. The van der Waals surface area contributed by atoms with E-state index in [1.165, 1.54) is 0 Å². The summed E-state index contributed by atoms with van der Waals surface area (Å²) in [5, 5.41) is 9.27. The van der Waals surface area contributed by atoms with Crippen LogP contribution in [0.5, 0.6) is 0 Å². The van der Waals surface area contributed by atoms with Crippen molar-refractivity contribution in [1.29, 1.82) is 5.26 Å². The fraction of sp³-hybridized carbons (Fsp3) is 0.529. The van der Waals surface area contributed by atoms with E-state index in [0.717, 1.165) is 22.5 Å². The van der Waals surface area contributed by atoms with Crippen LogP contribution in [0.25, 0.3) is 0 Å². The smallest absolute Gasteiger partial charge is 0.233 e. The summed E-state index contributed by atoms with van der Waals surface area (Å²) in [6.45, 7) is 7.13. The van der Waals surface area contributed by atoms with Crippen LogP contribution in [0.15, 0.2) is 33.6 Å². The molecule has 1 aliphatic heterocycles. The van der Waals surface area contributed by atoms with E-state index in [2.05, 4.69) is 40.7 Å². The molecule has 0 saturated carbocycles. The van der Waals surface area contributed by atoms with Crippen molar-refractivity contribution >= 4 is 33.6 Å². The third kappa shape index (κ3) is 5.23. The SMILES string of the molecule is CC(C)[C@@H](C#N)N1CCN(C(=O)CSc2ccc(Br)cc2)CC1. The molecular weight excluding hydrogens is 374 g/mol. The Morgan fingerprint density at radius 1 is 1.26 bits per heavy atom. The molecule has 0 unspecified atom stereocenters. The van der Waals surface area contributed by atoms with Crippen molar-refractivity contribution in [2.24, 2.45) is 5.92 Å². The fourth-order valence-corrected chi connectivity index (χ4v) is 3.73. The van der Waals surface area contributed by atoms with Gasteiger partial charge in [-0.15, -0.1) is 11.8 Å². The van der Waals surface area contributed by atoms with E-state index >= 15 is 0 Å². The van der Waals surface area contributed by atoms with Gasteiger partial charge in [-0.2, -0.15) is 5.26 Å². The number of halogens is 1. The molecule has 0 aromatic heterocycles. The third-order valence-corrected chi connectivity index (χ3v) is 5.53. The predicted molar refractivity (Wildman–Crippen MR) is 97.3 cm³/mol. The Hall–Kier alpha value is -1.03. The van der Waals surface area contributed by atoms with Gasteiger partial charge in [-0.05, 0) is 30.2 Å². The average Bonchev–Trinajstić information content (AvgIpc) is 2.55.